The first-order valence-electron chi connectivity index (χ1n) is 7.01. The normalized spacial score (nSPS) is 11.3. The van der Waals surface area contributed by atoms with Gasteiger partial charge in [-0.15, -0.1) is 0 Å². The fraction of sp³-hybridized carbons (Fsp3) is 0.0526. The van der Waals surface area contributed by atoms with E-state index in [2.05, 4.69) is 94.2 Å². The Morgan fingerprint density at radius 1 is 0.762 bits per heavy atom. The summed E-state index contributed by atoms with van der Waals surface area (Å²) in [6.45, 7) is 2.16. The van der Waals surface area contributed by atoms with E-state index in [-0.39, 0.29) is 0 Å². The molecule has 0 atom stereocenters. The molecular weight excluding hydrogens is 322 g/mol. The summed E-state index contributed by atoms with van der Waals surface area (Å²) in [6.07, 6.45) is 0. The molecule has 0 saturated carbocycles. The maximum absolute atomic E-state index is 3.71. The molecule has 0 radical (unpaired) electrons. The van der Waals surface area contributed by atoms with Gasteiger partial charge in [-0.3, -0.25) is 0 Å². The molecule has 0 N–H and O–H groups in total. The lowest BCUT2D eigenvalue weighted by atomic mass is 10.2. The second kappa shape index (κ2) is 4.74. The zero-order valence-electron chi connectivity index (χ0n) is 11.7. The van der Waals surface area contributed by atoms with Crippen molar-refractivity contribution in [2.45, 2.75) is 6.92 Å². The SMILES string of the molecule is Cc1ccccc1-n1c2ccccc2c2c(Br)cccc21. The summed E-state index contributed by atoms with van der Waals surface area (Å²) in [4.78, 5) is 0. The number of nitrogens with zero attached hydrogens (tertiary/aromatic N) is 1. The Bertz CT molecular complexity index is 966. The van der Waals surface area contributed by atoms with Gasteiger partial charge in [0.25, 0.3) is 0 Å². The third-order valence-corrected chi connectivity index (χ3v) is 4.66. The molecule has 0 fully saturated rings. The molecule has 3 aromatic carbocycles. The van der Waals surface area contributed by atoms with Crippen LogP contribution in [0.2, 0.25) is 0 Å². The Hall–Kier alpha value is -2.06. The van der Waals surface area contributed by atoms with Gasteiger partial charge in [-0.2, -0.15) is 0 Å². The van der Waals surface area contributed by atoms with Crippen LogP contribution in [0.4, 0.5) is 0 Å². The predicted octanol–water partition coefficient (Wildman–Crippen LogP) is 5.85. The minimum atomic E-state index is 1.14. The van der Waals surface area contributed by atoms with Crippen LogP contribution < -0.4 is 0 Å². The van der Waals surface area contributed by atoms with Crippen LogP contribution in [-0.2, 0) is 0 Å². The van der Waals surface area contributed by atoms with Gasteiger partial charge in [0, 0.05) is 20.9 Å². The molecule has 102 valence electrons. The quantitative estimate of drug-likeness (QED) is 0.411. The molecule has 1 heterocycles. The van der Waals surface area contributed by atoms with Gasteiger partial charge in [0.05, 0.1) is 11.0 Å². The number of fused-ring (bicyclic) bond motifs is 3. The van der Waals surface area contributed by atoms with Crippen LogP contribution in [0, 0.1) is 6.92 Å². The highest BCUT2D eigenvalue weighted by Gasteiger charge is 2.14. The van der Waals surface area contributed by atoms with E-state index in [1.165, 1.54) is 33.1 Å². The van der Waals surface area contributed by atoms with Crippen molar-refractivity contribution in [3.8, 4) is 5.69 Å². The van der Waals surface area contributed by atoms with Gasteiger partial charge >= 0.3 is 0 Å². The van der Waals surface area contributed by atoms with E-state index in [0.29, 0.717) is 0 Å². The Kier molecular flexibility index (Phi) is 2.86. The average Bonchev–Trinajstić information content (AvgIpc) is 2.83. The van der Waals surface area contributed by atoms with E-state index in [1.807, 2.05) is 0 Å². The van der Waals surface area contributed by atoms with E-state index < -0.39 is 0 Å². The Labute approximate surface area is 132 Å². The summed E-state index contributed by atoms with van der Waals surface area (Å²) in [5, 5.41) is 2.56. The summed E-state index contributed by atoms with van der Waals surface area (Å²) < 4.78 is 3.49. The first-order valence-corrected chi connectivity index (χ1v) is 7.80. The van der Waals surface area contributed by atoms with Crippen molar-refractivity contribution in [1.82, 2.24) is 4.57 Å². The van der Waals surface area contributed by atoms with Crippen LogP contribution in [0.25, 0.3) is 27.5 Å². The molecular formula is C19H14BrN. The minimum Gasteiger partial charge on any atom is -0.309 e. The first-order chi connectivity index (χ1) is 10.3. The Morgan fingerprint density at radius 3 is 2.33 bits per heavy atom. The Balaban J connectivity index is 2.27. The minimum absolute atomic E-state index is 1.14. The van der Waals surface area contributed by atoms with Crippen molar-refractivity contribution in [3.05, 3.63) is 76.8 Å². The molecule has 4 rings (SSSR count). The van der Waals surface area contributed by atoms with Crippen LogP contribution in [0.1, 0.15) is 5.56 Å². The molecule has 0 saturated heterocycles. The Morgan fingerprint density at radius 2 is 1.48 bits per heavy atom. The van der Waals surface area contributed by atoms with Gasteiger partial charge in [0.1, 0.15) is 0 Å². The van der Waals surface area contributed by atoms with Crippen LogP contribution >= 0.6 is 15.9 Å². The fourth-order valence-electron chi connectivity index (χ4n) is 3.05. The lowest BCUT2D eigenvalue weighted by Crippen LogP contribution is -1.96. The number of hydrogen-bond acceptors (Lipinski definition) is 0. The molecule has 0 aliphatic heterocycles. The third-order valence-electron chi connectivity index (χ3n) is 4.00. The highest BCUT2D eigenvalue weighted by atomic mass is 79.9. The van der Waals surface area contributed by atoms with Crippen molar-refractivity contribution < 1.29 is 0 Å². The van der Waals surface area contributed by atoms with Crippen molar-refractivity contribution in [2.75, 3.05) is 0 Å². The van der Waals surface area contributed by atoms with Gasteiger partial charge in [-0.1, -0.05) is 58.4 Å². The van der Waals surface area contributed by atoms with E-state index in [4.69, 9.17) is 0 Å². The molecule has 0 spiro atoms. The maximum Gasteiger partial charge on any atom is 0.0552 e. The largest absolute Gasteiger partial charge is 0.309 e. The van der Waals surface area contributed by atoms with Crippen LogP contribution in [0.3, 0.4) is 0 Å². The van der Waals surface area contributed by atoms with Gasteiger partial charge in [-0.05, 0) is 36.8 Å². The van der Waals surface area contributed by atoms with E-state index in [0.717, 1.165) is 4.47 Å². The standard InChI is InChI=1S/C19H14BrN/c1-13-7-2-4-10-16(13)21-17-11-5-3-8-14(17)19-15(20)9-6-12-18(19)21/h2-12H,1H3. The van der Waals surface area contributed by atoms with E-state index in [1.54, 1.807) is 0 Å². The monoisotopic (exact) mass is 335 g/mol. The number of aromatic nitrogens is 1. The first kappa shape index (κ1) is 12.7. The van der Waals surface area contributed by atoms with Crippen LogP contribution in [0.5, 0.6) is 0 Å². The predicted molar refractivity (Wildman–Crippen MR) is 93.2 cm³/mol. The zero-order valence-corrected chi connectivity index (χ0v) is 13.3. The molecule has 1 aromatic heterocycles. The second-order valence-electron chi connectivity index (χ2n) is 5.27. The number of aryl methyl sites for hydroxylation is 1. The second-order valence-corrected chi connectivity index (χ2v) is 6.13. The topological polar surface area (TPSA) is 4.93 Å². The van der Waals surface area contributed by atoms with E-state index in [9.17, 15) is 0 Å². The number of rotatable bonds is 1. The summed E-state index contributed by atoms with van der Waals surface area (Å²) in [5.41, 5.74) is 5.00. The van der Waals surface area contributed by atoms with Gasteiger partial charge in [0.2, 0.25) is 0 Å². The maximum atomic E-state index is 3.71. The summed E-state index contributed by atoms with van der Waals surface area (Å²) in [5.74, 6) is 0. The molecule has 0 aliphatic rings. The van der Waals surface area contributed by atoms with E-state index >= 15 is 0 Å². The molecule has 2 heteroatoms. The highest BCUT2D eigenvalue weighted by molar-refractivity contribution is 9.10. The lowest BCUT2D eigenvalue weighted by Gasteiger charge is -2.10. The number of benzene rings is 3. The smallest absolute Gasteiger partial charge is 0.0552 e. The molecule has 0 amide bonds. The fourth-order valence-corrected chi connectivity index (χ4v) is 3.62. The summed E-state index contributed by atoms with van der Waals surface area (Å²) in [7, 11) is 0. The van der Waals surface area contributed by atoms with Crippen LogP contribution in [-0.4, -0.2) is 4.57 Å². The van der Waals surface area contributed by atoms with Crippen molar-refractivity contribution in [1.29, 1.82) is 0 Å². The van der Waals surface area contributed by atoms with Gasteiger partial charge < -0.3 is 4.57 Å². The van der Waals surface area contributed by atoms with Crippen LogP contribution in [0.15, 0.2) is 71.2 Å². The number of hydrogen-bond donors (Lipinski definition) is 0. The van der Waals surface area contributed by atoms with Gasteiger partial charge in [0.15, 0.2) is 0 Å². The van der Waals surface area contributed by atoms with Gasteiger partial charge in [-0.25, -0.2) is 0 Å². The highest BCUT2D eigenvalue weighted by Crippen LogP contribution is 2.36. The molecule has 4 aromatic rings. The molecule has 1 nitrogen and oxygen atoms in total. The van der Waals surface area contributed by atoms with Crippen molar-refractivity contribution >= 4 is 37.7 Å². The molecule has 0 unspecified atom stereocenters. The number of para-hydroxylation sites is 2. The molecule has 21 heavy (non-hydrogen) atoms. The average molecular weight is 336 g/mol. The molecule has 0 bridgehead atoms. The summed E-state index contributed by atoms with van der Waals surface area (Å²) >= 11 is 3.71. The lowest BCUT2D eigenvalue weighted by molar-refractivity contribution is 1.15. The zero-order chi connectivity index (χ0) is 14.4. The number of halogens is 1. The third kappa shape index (κ3) is 1.83. The summed E-state index contributed by atoms with van der Waals surface area (Å²) in [6, 6.07) is 23.5. The molecule has 0 aliphatic carbocycles. The van der Waals surface area contributed by atoms with Crippen molar-refractivity contribution in [3.63, 3.8) is 0 Å². The van der Waals surface area contributed by atoms with Crippen molar-refractivity contribution in [2.24, 2.45) is 0 Å².